The molecule has 1 aliphatic heterocycles. The van der Waals surface area contributed by atoms with E-state index in [1.54, 1.807) is 4.68 Å². The van der Waals surface area contributed by atoms with Crippen molar-refractivity contribution in [2.24, 2.45) is 0 Å². The molecule has 1 aromatic carbocycles. The minimum absolute atomic E-state index is 0.0650. The highest BCUT2D eigenvalue weighted by atomic mass is 16.5. The molecule has 2 heterocycles. The maximum absolute atomic E-state index is 12.0. The summed E-state index contributed by atoms with van der Waals surface area (Å²) in [4.78, 5) is 13.9. The van der Waals surface area contributed by atoms with Crippen LogP contribution in [0.1, 0.15) is 51.5 Å². The van der Waals surface area contributed by atoms with E-state index in [1.807, 2.05) is 42.2 Å². The summed E-state index contributed by atoms with van der Waals surface area (Å²) in [5.41, 5.74) is 9.01. The Bertz CT molecular complexity index is 791. The normalized spacial score (nSPS) is 18.2. The number of rotatable bonds is 3. The average Bonchev–Trinajstić information content (AvgIpc) is 3.03. The summed E-state index contributed by atoms with van der Waals surface area (Å²) < 4.78 is 7.68. The van der Waals surface area contributed by atoms with Gasteiger partial charge in [0.15, 0.2) is 0 Å². The summed E-state index contributed by atoms with van der Waals surface area (Å²) in [6.45, 7) is 10.0. The quantitative estimate of drug-likeness (QED) is 0.917. The molecule has 0 aliphatic carbocycles. The number of morpholine rings is 1. The molecule has 1 unspecified atom stereocenters. The molecule has 1 aliphatic rings. The minimum atomic E-state index is -0.127. The molecule has 3 rings (SSSR count). The lowest BCUT2D eigenvalue weighted by Crippen LogP contribution is -2.41. The van der Waals surface area contributed by atoms with E-state index >= 15 is 0 Å². The van der Waals surface area contributed by atoms with Crippen LogP contribution < -0.4 is 5.73 Å². The van der Waals surface area contributed by atoms with Gasteiger partial charge in [-0.2, -0.15) is 5.10 Å². The van der Waals surface area contributed by atoms with E-state index in [-0.39, 0.29) is 17.4 Å². The van der Waals surface area contributed by atoms with Crippen LogP contribution in [0.4, 0.5) is 5.82 Å². The first-order valence-corrected chi connectivity index (χ1v) is 9.15. The Morgan fingerprint density at radius 3 is 2.77 bits per heavy atom. The fourth-order valence-corrected chi connectivity index (χ4v) is 3.13. The Kier molecular flexibility index (Phi) is 5.05. The van der Waals surface area contributed by atoms with E-state index in [9.17, 15) is 4.79 Å². The van der Waals surface area contributed by atoms with Gasteiger partial charge in [-0.25, -0.2) is 4.68 Å². The maximum atomic E-state index is 12.0. The lowest BCUT2D eigenvalue weighted by molar-refractivity contribution is -0.138. The number of hydrogen-bond acceptors (Lipinski definition) is 4. The Hall–Kier alpha value is -2.34. The van der Waals surface area contributed by atoms with Crippen LogP contribution in [0.2, 0.25) is 0 Å². The van der Waals surface area contributed by atoms with Crippen molar-refractivity contribution in [1.29, 1.82) is 0 Å². The Morgan fingerprint density at radius 1 is 1.35 bits per heavy atom. The molecule has 0 radical (unpaired) electrons. The van der Waals surface area contributed by atoms with Crippen molar-refractivity contribution in [1.82, 2.24) is 14.7 Å². The molecule has 6 heteroatoms. The molecule has 1 atom stereocenters. The van der Waals surface area contributed by atoms with Crippen molar-refractivity contribution in [2.75, 3.05) is 25.4 Å². The zero-order valence-corrected chi connectivity index (χ0v) is 16.0. The number of benzene rings is 1. The van der Waals surface area contributed by atoms with Crippen LogP contribution in [0.5, 0.6) is 0 Å². The summed E-state index contributed by atoms with van der Waals surface area (Å²) in [6, 6.07) is 9.95. The van der Waals surface area contributed by atoms with E-state index in [4.69, 9.17) is 10.5 Å². The van der Waals surface area contributed by atoms with Gasteiger partial charge in [0.05, 0.1) is 24.5 Å². The molecule has 1 fully saturated rings. The number of nitrogens with two attached hydrogens (primary N) is 1. The predicted octanol–water partition coefficient (Wildman–Crippen LogP) is 3.06. The number of nitrogens with zero attached hydrogens (tertiary/aromatic N) is 3. The lowest BCUT2D eigenvalue weighted by Gasteiger charge is -2.33. The zero-order valence-electron chi connectivity index (χ0n) is 16.0. The summed E-state index contributed by atoms with van der Waals surface area (Å²) >= 11 is 0. The minimum Gasteiger partial charge on any atom is -0.384 e. The van der Waals surface area contributed by atoms with E-state index in [0.29, 0.717) is 31.9 Å². The van der Waals surface area contributed by atoms with Crippen molar-refractivity contribution in [3.05, 3.63) is 41.6 Å². The zero-order chi connectivity index (χ0) is 18.9. The van der Waals surface area contributed by atoms with Gasteiger partial charge in [0.1, 0.15) is 11.9 Å². The molecular weight excluding hydrogens is 328 g/mol. The SMILES string of the molecule is CCC(=O)N1CCOC(c2cccc(-n3nc(C(C)(C)C)cc3N)c2)C1. The Morgan fingerprint density at radius 2 is 2.12 bits per heavy atom. The molecule has 1 saturated heterocycles. The van der Waals surface area contributed by atoms with Crippen LogP contribution in [0.25, 0.3) is 5.69 Å². The van der Waals surface area contributed by atoms with Gasteiger partial charge in [-0.3, -0.25) is 4.79 Å². The van der Waals surface area contributed by atoms with Gasteiger partial charge in [0.25, 0.3) is 0 Å². The van der Waals surface area contributed by atoms with E-state index < -0.39 is 0 Å². The van der Waals surface area contributed by atoms with Crippen LogP contribution in [0, 0.1) is 0 Å². The number of hydrogen-bond donors (Lipinski definition) is 1. The molecule has 1 aromatic heterocycles. The second kappa shape index (κ2) is 7.11. The molecule has 0 saturated carbocycles. The largest absolute Gasteiger partial charge is 0.384 e. The summed E-state index contributed by atoms with van der Waals surface area (Å²) in [6.07, 6.45) is 0.393. The Balaban J connectivity index is 1.87. The van der Waals surface area contributed by atoms with Crippen LogP contribution >= 0.6 is 0 Å². The van der Waals surface area contributed by atoms with Crippen LogP contribution in [0.15, 0.2) is 30.3 Å². The first kappa shape index (κ1) is 18.5. The number of ether oxygens (including phenoxy) is 1. The van der Waals surface area contributed by atoms with Gasteiger partial charge in [0, 0.05) is 24.4 Å². The topological polar surface area (TPSA) is 73.4 Å². The number of amides is 1. The smallest absolute Gasteiger partial charge is 0.222 e. The van der Waals surface area contributed by atoms with Crippen LogP contribution in [-0.2, 0) is 14.9 Å². The molecule has 2 aromatic rings. The third-order valence-electron chi connectivity index (χ3n) is 4.71. The first-order chi connectivity index (χ1) is 12.3. The van der Waals surface area contributed by atoms with Crippen LogP contribution in [-0.4, -0.2) is 40.3 Å². The third kappa shape index (κ3) is 3.75. The molecule has 0 bridgehead atoms. The van der Waals surface area contributed by atoms with Crippen molar-refractivity contribution < 1.29 is 9.53 Å². The fourth-order valence-electron chi connectivity index (χ4n) is 3.13. The lowest BCUT2D eigenvalue weighted by atomic mass is 9.92. The highest BCUT2D eigenvalue weighted by Gasteiger charge is 2.25. The molecule has 0 spiro atoms. The summed E-state index contributed by atoms with van der Waals surface area (Å²) in [5.74, 6) is 0.778. The van der Waals surface area contributed by atoms with E-state index in [2.05, 4.69) is 25.9 Å². The predicted molar refractivity (Wildman–Crippen MR) is 102 cm³/mol. The number of anilines is 1. The number of carbonyl (C=O) groups is 1. The van der Waals surface area contributed by atoms with Crippen molar-refractivity contribution in [2.45, 2.75) is 45.6 Å². The third-order valence-corrected chi connectivity index (χ3v) is 4.71. The second-order valence-corrected chi connectivity index (χ2v) is 7.76. The summed E-state index contributed by atoms with van der Waals surface area (Å²) in [5, 5.41) is 4.68. The van der Waals surface area contributed by atoms with Crippen molar-refractivity contribution >= 4 is 11.7 Å². The average molecular weight is 356 g/mol. The first-order valence-electron chi connectivity index (χ1n) is 9.15. The van der Waals surface area contributed by atoms with Gasteiger partial charge in [-0.15, -0.1) is 0 Å². The monoisotopic (exact) mass is 356 g/mol. The fraction of sp³-hybridized carbons (Fsp3) is 0.500. The van der Waals surface area contributed by atoms with E-state index in [0.717, 1.165) is 16.9 Å². The number of nitrogen functional groups attached to an aromatic ring is 1. The van der Waals surface area contributed by atoms with Gasteiger partial charge in [0.2, 0.25) is 5.91 Å². The summed E-state index contributed by atoms with van der Waals surface area (Å²) in [7, 11) is 0. The molecule has 1 amide bonds. The molecule has 140 valence electrons. The number of aromatic nitrogens is 2. The highest BCUT2D eigenvalue weighted by Crippen LogP contribution is 2.27. The van der Waals surface area contributed by atoms with Gasteiger partial charge >= 0.3 is 0 Å². The van der Waals surface area contributed by atoms with Gasteiger partial charge < -0.3 is 15.4 Å². The second-order valence-electron chi connectivity index (χ2n) is 7.76. The highest BCUT2D eigenvalue weighted by molar-refractivity contribution is 5.76. The maximum Gasteiger partial charge on any atom is 0.222 e. The van der Waals surface area contributed by atoms with Gasteiger partial charge in [-0.05, 0) is 17.7 Å². The van der Waals surface area contributed by atoms with Crippen LogP contribution in [0.3, 0.4) is 0 Å². The standard InChI is InChI=1S/C20H28N4O2/c1-5-19(25)23-9-10-26-16(13-23)14-7-6-8-15(11-14)24-18(21)12-17(22-24)20(2,3)4/h6-8,11-12,16H,5,9-10,13,21H2,1-4H3. The Labute approximate surface area is 154 Å². The number of carbonyl (C=O) groups excluding carboxylic acids is 1. The molecule has 6 nitrogen and oxygen atoms in total. The molecular formula is C20H28N4O2. The van der Waals surface area contributed by atoms with Gasteiger partial charge in [-0.1, -0.05) is 39.8 Å². The van der Waals surface area contributed by atoms with Crippen molar-refractivity contribution in [3.63, 3.8) is 0 Å². The van der Waals surface area contributed by atoms with E-state index in [1.165, 1.54) is 0 Å². The molecule has 2 N–H and O–H groups in total. The molecule has 26 heavy (non-hydrogen) atoms. The van der Waals surface area contributed by atoms with Crippen molar-refractivity contribution in [3.8, 4) is 5.69 Å².